The van der Waals surface area contributed by atoms with Crippen LogP contribution in [-0.2, 0) is 9.47 Å². The third-order valence-corrected chi connectivity index (χ3v) is 11.9. The zero-order chi connectivity index (χ0) is 48.7. The van der Waals surface area contributed by atoms with Gasteiger partial charge in [-0.2, -0.15) is 0 Å². The van der Waals surface area contributed by atoms with Crippen LogP contribution < -0.4 is 15.4 Å². The Balaban J connectivity index is 0.000000188. The highest BCUT2D eigenvalue weighted by Crippen LogP contribution is 2.35. The first-order chi connectivity index (χ1) is 33.0. The molecular formula is C53H57ClFN9O5. The van der Waals surface area contributed by atoms with Crippen molar-refractivity contribution in [2.24, 2.45) is 0 Å². The smallest absolute Gasteiger partial charge is 0.410 e. The molecule has 2 fully saturated rings. The summed E-state index contributed by atoms with van der Waals surface area (Å²) in [7, 11) is 0. The molecule has 2 N–H and O–H groups in total. The normalized spacial score (nSPS) is 16.3. The van der Waals surface area contributed by atoms with Crippen LogP contribution in [0.15, 0.2) is 116 Å². The molecule has 3 aromatic heterocycles. The largest absolute Gasteiger partial charge is 0.444 e. The number of anilines is 4. The number of para-hydroxylation sites is 1. The molecule has 1 unspecified atom stereocenters. The van der Waals surface area contributed by atoms with Crippen LogP contribution in [0.1, 0.15) is 90.2 Å². The Bertz CT molecular complexity index is 2910. The van der Waals surface area contributed by atoms with Gasteiger partial charge in [0.25, 0.3) is 0 Å². The summed E-state index contributed by atoms with van der Waals surface area (Å²) < 4.78 is 31.3. The number of pyridine rings is 1. The first-order valence-electron chi connectivity index (χ1n) is 23.2. The minimum atomic E-state index is -0.530. The van der Waals surface area contributed by atoms with Crippen molar-refractivity contribution in [3.8, 4) is 11.6 Å². The van der Waals surface area contributed by atoms with Crippen molar-refractivity contribution >= 4 is 68.6 Å². The maximum atomic E-state index is 14.4. The number of amides is 2. The molecule has 0 saturated carbocycles. The quantitative estimate of drug-likeness (QED) is 0.149. The Morgan fingerprint density at radius 1 is 0.652 bits per heavy atom. The van der Waals surface area contributed by atoms with Crippen molar-refractivity contribution in [3.05, 3.63) is 138 Å². The minimum Gasteiger partial charge on any atom is -0.444 e. The van der Waals surface area contributed by atoms with Gasteiger partial charge in [0, 0.05) is 54.9 Å². The monoisotopic (exact) mass is 953 g/mol. The third-order valence-electron chi connectivity index (χ3n) is 11.6. The molecule has 0 radical (unpaired) electrons. The molecule has 7 aromatic rings. The van der Waals surface area contributed by atoms with Gasteiger partial charge >= 0.3 is 12.2 Å². The van der Waals surface area contributed by atoms with Gasteiger partial charge in [0.2, 0.25) is 5.88 Å². The van der Waals surface area contributed by atoms with Crippen LogP contribution in [0.2, 0.25) is 5.02 Å². The van der Waals surface area contributed by atoms with Crippen LogP contribution in [-0.4, -0.2) is 84.3 Å². The number of carbonyl (C=O) groups is 2. The molecule has 5 heterocycles. The lowest BCUT2D eigenvalue weighted by Crippen LogP contribution is -2.42. The molecule has 4 aromatic carbocycles. The van der Waals surface area contributed by atoms with Gasteiger partial charge in [-0.1, -0.05) is 48.0 Å². The van der Waals surface area contributed by atoms with Gasteiger partial charge in [0.1, 0.15) is 41.2 Å². The number of carbonyl (C=O) groups excluding carboxylic acids is 2. The van der Waals surface area contributed by atoms with E-state index < -0.39 is 17.0 Å². The van der Waals surface area contributed by atoms with Crippen LogP contribution in [0, 0.1) is 5.82 Å². The zero-order valence-corrected chi connectivity index (χ0v) is 40.5. The molecule has 2 saturated heterocycles. The van der Waals surface area contributed by atoms with Gasteiger partial charge in [-0.05, 0) is 133 Å². The second-order valence-corrected chi connectivity index (χ2v) is 19.6. The average Bonchev–Trinajstić information content (AvgIpc) is 3.33. The van der Waals surface area contributed by atoms with Crippen LogP contribution in [0.25, 0.3) is 21.8 Å². The van der Waals surface area contributed by atoms with E-state index in [1.165, 1.54) is 12.4 Å². The van der Waals surface area contributed by atoms with Crippen LogP contribution in [0.5, 0.6) is 11.6 Å². The molecule has 2 amide bonds. The predicted octanol–water partition coefficient (Wildman–Crippen LogP) is 13.0. The van der Waals surface area contributed by atoms with E-state index >= 15 is 0 Å². The Labute approximate surface area is 406 Å². The van der Waals surface area contributed by atoms with E-state index in [2.05, 4.69) is 47.7 Å². The van der Waals surface area contributed by atoms with E-state index in [0.29, 0.717) is 43.7 Å². The number of fused-ring (bicyclic) bond motifs is 2. The summed E-state index contributed by atoms with van der Waals surface area (Å²) in [6, 6.07) is 30.3. The van der Waals surface area contributed by atoms with E-state index in [-0.39, 0.29) is 34.7 Å². The molecule has 2 aliphatic heterocycles. The summed E-state index contributed by atoms with van der Waals surface area (Å²) in [5.41, 5.74) is 3.83. The second kappa shape index (κ2) is 21.0. The van der Waals surface area contributed by atoms with Gasteiger partial charge in [-0.25, -0.2) is 38.9 Å². The van der Waals surface area contributed by atoms with Crippen molar-refractivity contribution in [1.29, 1.82) is 0 Å². The molecular weight excluding hydrogens is 897 g/mol. The van der Waals surface area contributed by atoms with Crippen molar-refractivity contribution in [2.45, 2.75) is 90.3 Å². The van der Waals surface area contributed by atoms with E-state index in [1.54, 1.807) is 29.6 Å². The summed E-state index contributed by atoms with van der Waals surface area (Å²) in [5, 5.41) is 8.14. The fraction of sp³-hybridized carbons (Fsp3) is 0.340. The van der Waals surface area contributed by atoms with E-state index in [4.69, 9.17) is 25.8 Å². The number of halogens is 2. The Hall–Kier alpha value is -7.13. The van der Waals surface area contributed by atoms with Crippen molar-refractivity contribution in [3.63, 3.8) is 0 Å². The molecule has 14 nitrogen and oxygen atoms in total. The molecule has 0 aliphatic carbocycles. The highest BCUT2D eigenvalue weighted by Gasteiger charge is 2.30. The number of piperidine rings is 2. The van der Waals surface area contributed by atoms with Gasteiger partial charge in [-0.3, -0.25) is 0 Å². The maximum Gasteiger partial charge on any atom is 0.410 e. The Morgan fingerprint density at radius 3 is 1.72 bits per heavy atom. The predicted molar refractivity (Wildman–Crippen MR) is 267 cm³/mol. The molecule has 0 spiro atoms. The number of hydrogen-bond acceptors (Lipinski definition) is 12. The number of aromatic nitrogens is 5. The molecule has 358 valence electrons. The summed E-state index contributed by atoms with van der Waals surface area (Å²) in [6.07, 6.45) is 7.97. The Morgan fingerprint density at radius 2 is 1.20 bits per heavy atom. The van der Waals surface area contributed by atoms with E-state index in [1.807, 2.05) is 113 Å². The Kier molecular flexibility index (Phi) is 14.7. The minimum absolute atomic E-state index is 0.0403. The number of likely N-dealkylation sites (tertiary alicyclic amines) is 2. The zero-order valence-electron chi connectivity index (χ0n) is 39.7. The standard InChI is InChI=1S/C29H31N5O3.C24H26ClFN4O2/c1-29(2,3)37-28(35)34-15-7-8-21(18-34)20-11-13-25-24(16-20)27(32-19-31-25)33-22-12-14-26(30-17-22)36-23-9-5-4-6-10-23;1-24(2,3)32-23(31)30-11-5-6-16(13-30)15-9-10-19-17(12-15)22(28-14-27-19)29-20-8-4-7-18(25)21(20)26/h4-6,9-14,16-17,19,21H,7-8,15,18H2,1-3H3,(H,31,32,33);4,7-10,12,14,16H,5-6,11,13H2,1-3H3,(H,27,28,29)/t21-;/m1./s1. The molecule has 69 heavy (non-hydrogen) atoms. The molecule has 0 bridgehead atoms. The number of ether oxygens (including phenoxy) is 3. The van der Waals surface area contributed by atoms with Crippen molar-refractivity contribution in [1.82, 2.24) is 34.7 Å². The van der Waals surface area contributed by atoms with Crippen molar-refractivity contribution in [2.75, 3.05) is 36.8 Å². The topological polar surface area (TPSA) is 157 Å². The number of benzene rings is 4. The first-order valence-corrected chi connectivity index (χ1v) is 23.6. The molecule has 9 rings (SSSR count). The van der Waals surface area contributed by atoms with E-state index in [9.17, 15) is 14.0 Å². The average molecular weight is 955 g/mol. The van der Waals surface area contributed by atoms with Gasteiger partial charge < -0.3 is 34.6 Å². The van der Waals surface area contributed by atoms with Gasteiger partial charge in [0.05, 0.1) is 33.6 Å². The van der Waals surface area contributed by atoms with Crippen molar-refractivity contribution < 1.29 is 28.2 Å². The number of nitrogens with one attached hydrogen (secondary N) is 2. The highest BCUT2D eigenvalue weighted by atomic mass is 35.5. The molecule has 2 atom stereocenters. The third kappa shape index (κ3) is 12.7. The SMILES string of the molecule is CC(C)(C)OC(=O)N1CCCC(c2ccc3ncnc(Nc4cccc(Cl)c4F)c3c2)C1.CC(C)(C)OC(=O)N1CCC[C@@H](c2ccc3ncnc(Nc4ccc(Oc5ccccc5)nc4)c3c2)C1. The van der Waals surface area contributed by atoms with Gasteiger partial charge in [-0.15, -0.1) is 0 Å². The second-order valence-electron chi connectivity index (χ2n) is 19.2. The lowest BCUT2D eigenvalue weighted by atomic mass is 9.90. The van der Waals surface area contributed by atoms with Gasteiger partial charge in [0.15, 0.2) is 5.82 Å². The van der Waals surface area contributed by atoms with Crippen LogP contribution >= 0.6 is 11.6 Å². The summed E-state index contributed by atoms with van der Waals surface area (Å²) in [6.45, 7) is 13.9. The molecule has 16 heteroatoms. The maximum absolute atomic E-state index is 14.4. The number of nitrogens with zero attached hydrogens (tertiary/aromatic N) is 7. The fourth-order valence-corrected chi connectivity index (χ4v) is 8.50. The number of rotatable bonds is 8. The lowest BCUT2D eigenvalue weighted by molar-refractivity contribution is 0.0188. The highest BCUT2D eigenvalue weighted by molar-refractivity contribution is 6.31. The number of hydrogen-bond donors (Lipinski definition) is 2. The summed E-state index contributed by atoms with van der Waals surface area (Å²) in [4.78, 5) is 50.8. The van der Waals surface area contributed by atoms with Crippen LogP contribution in [0.4, 0.5) is 37.0 Å². The van der Waals surface area contributed by atoms with E-state index in [0.717, 1.165) is 70.1 Å². The summed E-state index contributed by atoms with van der Waals surface area (Å²) >= 11 is 5.91. The molecule has 2 aliphatic rings. The fourth-order valence-electron chi connectivity index (χ4n) is 8.33. The summed E-state index contributed by atoms with van der Waals surface area (Å²) in [5.74, 6) is 2.29. The lowest BCUT2D eigenvalue weighted by Gasteiger charge is -2.34. The first kappa shape index (κ1) is 48.3. The van der Waals surface area contributed by atoms with Crippen LogP contribution in [0.3, 0.4) is 0 Å².